The average molecular weight is 556 g/mol. The van der Waals surface area contributed by atoms with Crippen LogP contribution in [0.4, 0.5) is 5.69 Å². The van der Waals surface area contributed by atoms with E-state index >= 15 is 0 Å². The van der Waals surface area contributed by atoms with Gasteiger partial charge in [0.05, 0.1) is 27.8 Å². The van der Waals surface area contributed by atoms with Crippen LogP contribution >= 0.6 is 0 Å². The minimum atomic E-state index is -1.02. The molecule has 0 saturated heterocycles. The summed E-state index contributed by atoms with van der Waals surface area (Å²) >= 11 is 0. The van der Waals surface area contributed by atoms with E-state index in [1.54, 1.807) is 24.1 Å². The number of H-pyrrole nitrogens is 1. The largest absolute Gasteiger partial charge is 0.493 e. The maximum Gasteiger partial charge on any atom is 0.248 e. The SMILES string of the molecule is COc1ccc(C(C(=O)NC2CCCCC2)N(C(=O)Cc2c[nH]c3ccccc23)c2ccccc2)c(OC)c1OC. The first-order valence-corrected chi connectivity index (χ1v) is 14.1. The van der Waals surface area contributed by atoms with Crippen LogP contribution in [0.15, 0.2) is 72.9 Å². The molecule has 5 rings (SSSR count). The van der Waals surface area contributed by atoms with Gasteiger partial charge in [-0.25, -0.2) is 0 Å². The van der Waals surface area contributed by atoms with Gasteiger partial charge in [-0.3, -0.25) is 14.5 Å². The summed E-state index contributed by atoms with van der Waals surface area (Å²) in [5.41, 5.74) is 2.93. The number of fused-ring (bicyclic) bond motifs is 1. The molecule has 214 valence electrons. The van der Waals surface area contributed by atoms with Gasteiger partial charge in [-0.15, -0.1) is 0 Å². The number of hydrogen-bond acceptors (Lipinski definition) is 5. The molecule has 41 heavy (non-hydrogen) atoms. The van der Waals surface area contributed by atoms with Crippen molar-refractivity contribution >= 4 is 28.4 Å². The number of benzene rings is 3. The zero-order valence-electron chi connectivity index (χ0n) is 23.8. The zero-order chi connectivity index (χ0) is 28.8. The number of aromatic amines is 1. The van der Waals surface area contributed by atoms with Crippen LogP contribution in [0.25, 0.3) is 10.9 Å². The standard InChI is InChI=1S/C33H37N3O5/c1-39-28-19-18-26(31(40-2)32(28)41-3)30(33(38)35-23-12-6-4-7-13-23)36(24-14-8-5-9-15-24)29(37)20-22-21-34-27-17-11-10-16-25(22)27/h5,8-11,14-19,21,23,30,34H,4,6-7,12-13,20H2,1-3H3,(H,35,38). The van der Waals surface area contributed by atoms with Crippen molar-refractivity contribution in [2.45, 2.75) is 50.6 Å². The van der Waals surface area contributed by atoms with Crippen molar-refractivity contribution in [3.05, 3.63) is 84.1 Å². The summed E-state index contributed by atoms with van der Waals surface area (Å²) in [5, 5.41) is 4.23. The number of anilines is 1. The highest BCUT2D eigenvalue weighted by molar-refractivity contribution is 6.04. The Balaban J connectivity index is 1.64. The Hall–Kier alpha value is -4.46. The summed E-state index contributed by atoms with van der Waals surface area (Å²) in [6, 6.07) is 19.7. The Labute approximate surface area is 240 Å². The number of carbonyl (C=O) groups is 2. The number of carbonyl (C=O) groups excluding carboxylic acids is 2. The lowest BCUT2D eigenvalue weighted by atomic mass is 9.94. The second-order valence-electron chi connectivity index (χ2n) is 10.3. The summed E-state index contributed by atoms with van der Waals surface area (Å²) in [6.07, 6.45) is 7.08. The van der Waals surface area contributed by atoms with Gasteiger partial charge in [0, 0.05) is 34.4 Å². The van der Waals surface area contributed by atoms with Crippen LogP contribution in [0.1, 0.15) is 49.3 Å². The molecule has 8 nitrogen and oxygen atoms in total. The van der Waals surface area contributed by atoms with Crippen molar-refractivity contribution in [2.75, 3.05) is 26.2 Å². The molecule has 1 aromatic heterocycles. The van der Waals surface area contributed by atoms with E-state index < -0.39 is 6.04 Å². The van der Waals surface area contributed by atoms with Gasteiger partial charge in [-0.1, -0.05) is 55.7 Å². The second-order valence-corrected chi connectivity index (χ2v) is 10.3. The molecule has 1 saturated carbocycles. The predicted molar refractivity (Wildman–Crippen MR) is 160 cm³/mol. The number of hydrogen-bond donors (Lipinski definition) is 2. The number of ether oxygens (including phenoxy) is 3. The number of nitrogens with zero attached hydrogens (tertiary/aromatic N) is 1. The summed E-state index contributed by atoms with van der Waals surface area (Å²) in [4.78, 5) is 33.6. The number of methoxy groups -OCH3 is 3. The first-order valence-electron chi connectivity index (χ1n) is 14.1. The highest BCUT2D eigenvalue weighted by Crippen LogP contribution is 2.44. The fraction of sp³-hybridized carbons (Fsp3) is 0.333. The number of para-hydroxylation sites is 2. The molecule has 1 aliphatic rings. The van der Waals surface area contributed by atoms with E-state index in [4.69, 9.17) is 14.2 Å². The van der Waals surface area contributed by atoms with Crippen molar-refractivity contribution in [3.8, 4) is 17.2 Å². The molecule has 0 spiro atoms. The van der Waals surface area contributed by atoms with E-state index in [0.717, 1.165) is 42.1 Å². The van der Waals surface area contributed by atoms with Gasteiger partial charge in [0.15, 0.2) is 11.5 Å². The van der Waals surface area contributed by atoms with Crippen molar-refractivity contribution < 1.29 is 23.8 Å². The van der Waals surface area contributed by atoms with Crippen molar-refractivity contribution in [1.82, 2.24) is 10.3 Å². The van der Waals surface area contributed by atoms with Crippen LogP contribution in [-0.2, 0) is 16.0 Å². The lowest BCUT2D eigenvalue weighted by Crippen LogP contribution is -2.47. The molecule has 3 aromatic carbocycles. The third-order valence-electron chi connectivity index (χ3n) is 7.81. The molecule has 2 N–H and O–H groups in total. The van der Waals surface area contributed by atoms with Crippen LogP contribution in [-0.4, -0.2) is 44.2 Å². The quantitative estimate of drug-likeness (QED) is 0.252. The molecule has 1 aliphatic carbocycles. The Kier molecular flexibility index (Phi) is 8.77. The average Bonchev–Trinajstić information content (AvgIpc) is 3.42. The number of amides is 2. The topological polar surface area (TPSA) is 92.9 Å². The lowest BCUT2D eigenvalue weighted by Gasteiger charge is -2.34. The van der Waals surface area contributed by atoms with Crippen molar-refractivity contribution in [1.29, 1.82) is 0 Å². The number of aromatic nitrogens is 1. The lowest BCUT2D eigenvalue weighted by molar-refractivity contribution is -0.127. The van der Waals surface area contributed by atoms with Crippen LogP contribution < -0.4 is 24.4 Å². The van der Waals surface area contributed by atoms with Gasteiger partial charge in [0.2, 0.25) is 17.6 Å². The van der Waals surface area contributed by atoms with E-state index in [2.05, 4.69) is 10.3 Å². The molecule has 8 heteroatoms. The third-order valence-corrected chi connectivity index (χ3v) is 7.81. The summed E-state index contributed by atoms with van der Waals surface area (Å²) in [6.45, 7) is 0. The van der Waals surface area contributed by atoms with E-state index in [1.807, 2.05) is 60.8 Å². The molecule has 1 heterocycles. The maximum absolute atomic E-state index is 14.4. The van der Waals surface area contributed by atoms with Crippen molar-refractivity contribution in [3.63, 3.8) is 0 Å². The predicted octanol–water partition coefficient (Wildman–Crippen LogP) is 5.96. The van der Waals surface area contributed by atoms with Gasteiger partial charge in [0.25, 0.3) is 0 Å². The minimum absolute atomic E-state index is 0.0474. The Morgan fingerprint density at radius 2 is 1.59 bits per heavy atom. The molecule has 0 aliphatic heterocycles. The van der Waals surface area contributed by atoms with Gasteiger partial charge in [-0.05, 0) is 48.7 Å². The fourth-order valence-corrected chi connectivity index (χ4v) is 5.82. The van der Waals surface area contributed by atoms with Crippen LogP contribution in [0.3, 0.4) is 0 Å². The van der Waals surface area contributed by atoms with Gasteiger partial charge < -0.3 is 24.5 Å². The van der Waals surface area contributed by atoms with E-state index in [0.29, 0.717) is 28.5 Å². The Morgan fingerprint density at radius 1 is 0.878 bits per heavy atom. The monoisotopic (exact) mass is 555 g/mol. The van der Waals surface area contributed by atoms with E-state index in [9.17, 15) is 9.59 Å². The minimum Gasteiger partial charge on any atom is -0.493 e. The highest BCUT2D eigenvalue weighted by Gasteiger charge is 2.37. The van der Waals surface area contributed by atoms with Gasteiger partial charge >= 0.3 is 0 Å². The molecule has 1 fully saturated rings. The van der Waals surface area contributed by atoms with Gasteiger partial charge in [-0.2, -0.15) is 0 Å². The molecular weight excluding hydrogens is 518 g/mol. The number of rotatable bonds is 10. The smallest absolute Gasteiger partial charge is 0.248 e. The number of nitrogens with one attached hydrogen (secondary N) is 2. The fourth-order valence-electron chi connectivity index (χ4n) is 5.82. The molecule has 4 aromatic rings. The first kappa shape index (κ1) is 28.1. The molecule has 2 amide bonds. The molecule has 0 bridgehead atoms. The summed E-state index contributed by atoms with van der Waals surface area (Å²) in [7, 11) is 4.60. The van der Waals surface area contributed by atoms with Crippen LogP contribution in [0.2, 0.25) is 0 Å². The normalized spacial score (nSPS) is 14.3. The summed E-state index contributed by atoms with van der Waals surface area (Å²) < 4.78 is 17.0. The zero-order valence-corrected chi connectivity index (χ0v) is 23.8. The third kappa shape index (κ3) is 5.87. The maximum atomic E-state index is 14.4. The Bertz CT molecular complexity index is 1490. The van der Waals surface area contributed by atoms with Gasteiger partial charge in [0.1, 0.15) is 6.04 Å². The van der Waals surface area contributed by atoms with Crippen LogP contribution in [0.5, 0.6) is 17.2 Å². The second kappa shape index (κ2) is 12.8. The van der Waals surface area contributed by atoms with Crippen LogP contribution in [0, 0.1) is 0 Å². The van der Waals surface area contributed by atoms with Crippen molar-refractivity contribution in [2.24, 2.45) is 0 Å². The first-order chi connectivity index (χ1) is 20.0. The molecule has 1 unspecified atom stereocenters. The Morgan fingerprint density at radius 3 is 2.29 bits per heavy atom. The van der Waals surface area contributed by atoms with E-state index in [-0.39, 0.29) is 24.3 Å². The molecule has 0 radical (unpaired) electrons. The van der Waals surface area contributed by atoms with E-state index in [1.165, 1.54) is 20.6 Å². The highest BCUT2D eigenvalue weighted by atomic mass is 16.5. The molecular formula is C33H37N3O5. The summed E-state index contributed by atoms with van der Waals surface area (Å²) in [5.74, 6) is 0.688. The molecule has 1 atom stereocenters.